The largest absolute Gasteiger partial charge is 0.368 e. The zero-order valence-electron chi connectivity index (χ0n) is 8.27. The van der Waals surface area contributed by atoms with Crippen LogP contribution >= 0.6 is 0 Å². The molecule has 2 rings (SSSR count). The topological polar surface area (TPSA) is 84.7 Å². The highest BCUT2D eigenvalue weighted by atomic mass is 19.1. The number of aromatic amines is 1. The van der Waals surface area contributed by atoms with Crippen molar-refractivity contribution in [1.29, 1.82) is 0 Å². The SMILES string of the molecule is Nc1nc(Cc2ccccc2F)[nH]c(=O)n1. The zero-order chi connectivity index (χ0) is 11.5. The van der Waals surface area contributed by atoms with Crippen molar-refractivity contribution in [2.45, 2.75) is 6.42 Å². The molecule has 1 aromatic carbocycles. The quantitative estimate of drug-likeness (QED) is 0.770. The Balaban J connectivity index is 2.34. The van der Waals surface area contributed by atoms with Gasteiger partial charge in [0.15, 0.2) is 0 Å². The third-order valence-corrected chi connectivity index (χ3v) is 2.03. The van der Waals surface area contributed by atoms with E-state index in [1.54, 1.807) is 18.2 Å². The van der Waals surface area contributed by atoms with Crippen molar-refractivity contribution < 1.29 is 4.39 Å². The van der Waals surface area contributed by atoms with Gasteiger partial charge in [0.2, 0.25) is 5.95 Å². The Labute approximate surface area is 90.2 Å². The smallest absolute Gasteiger partial charge is 0.349 e. The molecule has 2 aromatic rings. The Morgan fingerprint density at radius 2 is 2.06 bits per heavy atom. The predicted octanol–water partition coefficient (Wildman–Crippen LogP) is 0.477. The highest BCUT2D eigenvalue weighted by molar-refractivity contribution is 5.22. The predicted molar refractivity (Wildman–Crippen MR) is 56.3 cm³/mol. The Kier molecular flexibility index (Phi) is 2.63. The maximum absolute atomic E-state index is 13.3. The van der Waals surface area contributed by atoms with Crippen LogP contribution in [0.5, 0.6) is 0 Å². The van der Waals surface area contributed by atoms with E-state index in [0.29, 0.717) is 11.4 Å². The molecule has 82 valence electrons. The number of anilines is 1. The molecule has 0 atom stereocenters. The minimum Gasteiger partial charge on any atom is -0.368 e. The Morgan fingerprint density at radius 1 is 1.31 bits per heavy atom. The molecule has 16 heavy (non-hydrogen) atoms. The molecule has 0 amide bonds. The second-order valence-electron chi connectivity index (χ2n) is 3.23. The molecule has 0 radical (unpaired) electrons. The van der Waals surface area contributed by atoms with Gasteiger partial charge in [-0.05, 0) is 11.6 Å². The summed E-state index contributed by atoms with van der Waals surface area (Å²) in [5.41, 5.74) is 5.17. The van der Waals surface area contributed by atoms with E-state index >= 15 is 0 Å². The second-order valence-corrected chi connectivity index (χ2v) is 3.23. The first kappa shape index (κ1) is 10.3. The number of aromatic nitrogens is 3. The Hall–Kier alpha value is -2.24. The second kappa shape index (κ2) is 4.09. The molecule has 5 nitrogen and oxygen atoms in total. The van der Waals surface area contributed by atoms with Crippen LogP contribution in [0.25, 0.3) is 0 Å². The summed E-state index contributed by atoms with van der Waals surface area (Å²) < 4.78 is 13.3. The molecule has 0 aliphatic heterocycles. The summed E-state index contributed by atoms with van der Waals surface area (Å²) in [6.45, 7) is 0. The van der Waals surface area contributed by atoms with Gasteiger partial charge in [0.1, 0.15) is 11.6 Å². The summed E-state index contributed by atoms with van der Waals surface area (Å²) in [5.74, 6) is -0.168. The summed E-state index contributed by atoms with van der Waals surface area (Å²) in [6, 6.07) is 6.26. The standard InChI is InChI=1S/C10H9FN4O/c11-7-4-2-1-3-6(7)5-8-13-9(12)15-10(16)14-8/h1-4H,5H2,(H3,12,13,14,15,16). The summed E-state index contributed by atoms with van der Waals surface area (Å²) in [4.78, 5) is 20.6. The van der Waals surface area contributed by atoms with E-state index in [1.165, 1.54) is 6.07 Å². The normalized spacial score (nSPS) is 10.3. The van der Waals surface area contributed by atoms with Gasteiger partial charge in [0.25, 0.3) is 0 Å². The molecule has 0 aliphatic rings. The first-order valence-corrected chi connectivity index (χ1v) is 4.61. The van der Waals surface area contributed by atoms with E-state index < -0.39 is 5.69 Å². The zero-order valence-corrected chi connectivity index (χ0v) is 8.27. The average molecular weight is 220 g/mol. The first-order chi connectivity index (χ1) is 7.65. The van der Waals surface area contributed by atoms with Crippen LogP contribution in [0.15, 0.2) is 29.1 Å². The number of nitrogens with one attached hydrogen (secondary N) is 1. The molecule has 0 saturated carbocycles. The molecule has 0 fully saturated rings. The fraction of sp³-hybridized carbons (Fsp3) is 0.100. The number of nitrogen functional groups attached to an aromatic ring is 1. The summed E-state index contributed by atoms with van der Waals surface area (Å²) >= 11 is 0. The average Bonchev–Trinajstić information content (AvgIpc) is 2.20. The molecule has 1 aromatic heterocycles. The van der Waals surface area contributed by atoms with Crippen LogP contribution in [0.2, 0.25) is 0 Å². The van der Waals surface area contributed by atoms with Gasteiger partial charge in [-0.2, -0.15) is 9.97 Å². The summed E-state index contributed by atoms with van der Waals surface area (Å²) in [5, 5.41) is 0. The van der Waals surface area contributed by atoms with Gasteiger partial charge in [0, 0.05) is 6.42 Å². The number of hydrogen-bond acceptors (Lipinski definition) is 4. The number of rotatable bonds is 2. The fourth-order valence-corrected chi connectivity index (χ4v) is 1.35. The van der Waals surface area contributed by atoms with Crippen LogP contribution in [-0.4, -0.2) is 15.0 Å². The lowest BCUT2D eigenvalue weighted by Gasteiger charge is -2.02. The third kappa shape index (κ3) is 2.22. The van der Waals surface area contributed by atoms with Gasteiger partial charge in [-0.1, -0.05) is 18.2 Å². The van der Waals surface area contributed by atoms with E-state index in [1.807, 2.05) is 0 Å². The maximum atomic E-state index is 13.3. The molecule has 0 bridgehead atoms. The van der Waals surface area contributed by atoms with Crippen LogP contribution in [0.1, 0.15) is 11.4 Å². The minimum atomic E-state index is -0.584. The van der Waals surface area contributed by atoms with E-state index in [0.717, 1.165) is 0 Å². The van der Waals surface area contributed by atoms with E-state index in [9.17, 15) is 9.18 Å². The van der Waals surface area contributed by atoms with Crippen molar-refractivity contribution >= 4 is 5.95 Å². The van der Waals surface area contributed by atoms with Gasteiger partial charge in [0.05, 0.1) is 0 Å². The van der Waals surface area contributed by atoms with Gasteiger partial charge >= 0.3 is 5.69 Å². The van der Waals surface area contributed by atoms with Gasteiger partial charge in [-0.25, -0.2) is 9.18 Å². The van der Waals surface area contributed by atoms with Crippen molar-refractivity contribution in [3.8, 4) is 0 Å². The number of nitrogens with zero attached hydrogens (tertiary/aromatic N) is 2. The van der Waals surface area contributed by atoms with Crippen LogP contribution in [0.3, 0.4) is 0 Å². The minimum absolute atomic E-state index is 0.116. The molecule has 1 heterocycles. The number of halogens is 1. The lowest BCUT2D eigenvalue weighted by molar-refractivity contribution is 0.611. The van der Waals surface area contributed by atoms with Gasteiger partial charge < -0.3 is 5.73 Å². The van der Waals surface area contributed by atoms with Crippen molar-refractivity contribution in [2.75, 3.05) is 5.73 Å². The molecular formula is C10H9FN4O. The molecule has 0 saturated heterocycles. The summed E-state index contributed by atoms with van der Waals surface area (Å²) in [6.07, 6.45) is 0.175. The molecule has 6 heteroatoms. The highest BCUT2D eigenvalue weighted by Crippen LogP contribution is 2.09. The van der Waals surface area contributed by atoms with E-state index in [-0.39, 0.29) is 18.2 Å². The first-order valence-electron chi connectivity index (χ1n) is 4.61. The van der Waals surface area contributed by atoms with Gasteiger partial charge in [-0.15, -0.1) is 0 Å². The van der Waals surface area contributed by atoms with Gasteiger partial charge in [-0.3, -0.25) is 4.98 Å². The van der Waals surface area contributed by atoms with E-state index in [2.05, 4.69) is 15.0 Å². The van der Waals surface area contributed by atoms with Crippen LogP contribution in [-0.2, 0) is 6.42 Å². The van der Waals surface area contributed by atoms with Crippen LogP contribution in [0, 0.1) is 5.82 Å². The van der Waals surface area contributed by atoms with Crippen molar-refractivity contribution in [3.05, 3.63) is 52.0 Å². The van der Waals surface area contributed by atoms with Crippen molar-refractivity contribution in [1.82, 2.24) is 15.0 Å². The Morgan fingerprint density at radius 3 is 2.75 bits per heavy atom. The molecular weight excluding hydrogens is 211 g/mol. The van der Waals surface area contributed by atoms with Crippen LogP contribution in [0.4, 0.5) is 10.3 Å². The molecule has 0 aliphatic carbocycles. The van der Waals surface area contributed by atoms with E-state index in [4.69, 9.17) is 5.73 Å². The number of benzene rings is 1. The molecule has 0 unspecified atom stereocenters. The maximum Gasteiger partial charge on any atom is 0.349 e. The molecule has 3 N–H and O–H groups in total. The number of hydrogen-bond donors (Lipinski definition) is 2. The summed E-state index contributed by atoms with van der Waals surface area (Å²) in [7, 11) is 0. The number of nitrogens with two attached hydrogens (primary N) is 1. The highest BCUT2D eigenvalue weighted by Gasteiger charge is 2.05. The van der Waals surface area contributed by atoms with Crippen LogP contribution < -0.4 is 11.4 Å². The molecule has 0 spiro atoms. The third-order valence-electron chi connectivity index (χ3n) is 2.03. The van der Waals surface area contributed by atoms with Crippen molar-refractivity contribution in [2.24, 2.45) is 0 Å². The fourth-order valence-electron chi connectivity index (χ4n) is 1.35. The monoisotopic (exact) mass is 220 g/mol. The van der Waals surface area contributed by atoms with Crippen molar-refractivity contribution in [3.63, 3.8) is 0 Å². The lowest BCUT2D eigenvalue weighted by Crippen LogP contribution is -2.17. The Bertz CT molecular complexity index is 567. The lowest BCUT2D eigenvalue weighted by atomic mass is 10.1. The number of H-pyrrole nitrogens is 1.